The van der Waals surface area contributed by atoms with Gasteiger partial charge in [-0.15, -0.1) is 0 Å². The van der Waals surface area contributed by atoms with Crippen molar-refractivity contribution < 1.29 is 18.3 Å². The zero-order valence-electron chi connectivity index (χ0n) is 17.9. The predicted octanol–water partition coefficient (Wildman–Crippen LogP) is 7.47. The Morgan fingerprint density at radius 2 is 1.74 bits per heavy atom. The molecule has 0 atom stereocenters. The maximum absolute atomic E-state index is 13.4. The van der Waals surface area contributed by atoms with E-state index in [9.17, 15) is 13.6 Å². The summed E-state index contributed by atoms with van der Waals surface area (Å²) in [5.74, 6) is -0.646. The summed E-state index contributed by atoms with van der Waals surface area (Å²) < 4.78 is 32.3. The number of amides is 1. The molecule has 174 valence electrons. The van der Waals surface area contributed by atoms with E-state index < -0.39 is 0 Å². The number of ether oxygens (including phenoxy) is 1. The van der Waals surface area contributed by atoms with Gasteiger partial charge in [0, 0.05) is 6.54 Å². The molecule has 0 N–H and O–H groups in total. The van der Waals surface area contributed by atoms with Gasteiger partial charge in [-0.25, -0.2) is 13.8 Å². The SMILES string of the molecule is CCN1C(=O)/C(=C\c2cc(Cl)c(OCc3cccc(F)c3)c(Cl)c2)SC1=Nc1ccc(F)cc1. The molecule has 0 aliphatic carbocycles. The number of hydrogen-bond donors (Lipinski definition) is 0. The highest BCUT2D eigenvalue weighted by Crippen LogP contribution is 2.38. The monoisotopic (exact) mass is 518 g/mol. The van der Waals surface area contributed by atoms with Crippen molar-refractivity contribution in [2.75, 3.05) is 6.54 Å². The molecule has 0 spiro atoms. The molecule has 3 aromatic rings. The van der Waals surface area contributed by atoms with E-state index in [1.165, 1.54) is 36.0 Å². The summed E-state index contributed by atoms with van der Waals surface area (Å²) >= 11 is 14.0. The molecular weight excluding hydrogens is 501 g/mol. The summed E-state index contributed by atoms with van der Waals surface area (Å²) in [5.41, 5.74) is 1.80. The van der Waals surface area contributed by atoms with E-state index >= 15 is 0 Å². The largest absolute Gasteiger partial charge is 0.486 e. The first-order chi connectivity index (χ1) is 16.3. The van der Waals surface area contributed by atoms with Crippen LogP contribution in [0.25, 0.3) is 6.08 Å². The molecule has 4 nitrogen and oxygen atoms in total. The first-order valence-corrected chi connectivity index (χ1v) is 11.8. The second-order valence-electron chi connectivity index (χ2n) is 7.26. The first kappa shape index (κ1) is 24.3. The minimum Gasteiger partial charge on any atom is -0.486 e. The number of likely N-dealkylation sites (N-methyl/N-ethyl adjacent to an activating group) is 1. The Morgan fingerprint density at radius 1 is 1.03 bits per heavy atom. The van der Waals surface area contributed by atoms with E-state index in [1.807, 2.05) is 6.92 Å². The summed E-state index contributed by atoms with van der Waals surface area (Å²) in [6, 6.07) is 15.0. The van der Waals surface area contributed by atoms with Crippen LogP contribution in [0.3, 0.4) is 0 Å². The van der Waals surface area contributed by atoms with E-state index in [-0.39, 0.29) is 39.9 Å². The topological polar surface area (TPSA) is 41.9 Å². The van der Waals surface area contributed by atoms with E-state index in [0.717, 1.165) is 0 Å². The molecule has 4 rings (SSSR count). The van der Waals surface area contributed by atoms with Crippen LogP contribution < -0.4 is 4.74 Å². The van der Waals surface area contributed by atoms with Crippen molar-refractivity contribution in [3.05, 3.63) is 98.4 Å². The van der Waals surface area contributed by atoms with E-state index in [0.29, 0.717) is 33.4 Å². The lowest BCUT2D eigenvalue weighted by Gasteiger charge is -2.12. The van der Waals surface area contributed by atoms with Crippen molar-refractivity contribution in [3.63, 3.8) is 0 Å². The van der Waals surface area contributed by atoms with Crippen LogP contribution in [0.5, 0.6) is 5.75 Å². The number of carbonyl (C=O) groups excluding carboxylic acids is 1. The molecule has 0 aromatic heterocycles. The number of halogens is 4. The number of hydrogen-bond acceptors (Lipinski definition) is 4. The maximum Gasteiger partial charge on any atom is 0.266 e. The average molecular weight is 519 g/mol. The number of rotatable bonds is 6. The van der Waals surface area contributed by atoms with E-state index in [2.05, 4.69) is 4.99 Å². The minimum atomic E-state index is -0.359. The van der Waals surface area contributed by atoms with Gasteiger partial charge < -0.3 is 4.74 Å². The smallest absolute Gasteiger partial charge is 0.266 e. The molecule has 0 bridgehead atoms. The van der Waals surface area contributed by atoms with Gasteiger partial charge in [0.05, 0.1) is 20.6 Å². The average Bonchev–Trinajstić information content (AvgIpc) is 3.08. The molecule has 1 fully saturated rings. The molecule has 1 amide bonds. The van der Waals surface area contributed by atoms with Crippen LogP contribution >= 0.6 is 35.0 Å². The quantitative estimate of drug-likeness (QED) is 0.317. The van der Waals surface area contributed by atoms with Crippen LogP contribution in [0.15, 0.2) is 70.6 Å². The molecule has 1 aliphatic rings. The number of nitrogens with zero attached hydrogens (tertiary/aromatic N) is 2. The number of amidine groups is 1. The van der Waals surface area contributed by atoms with Crippen LogP contribution in [0.2, 0.25) is 10.0 Å². The Morgan fingerprint density at radius 3 is 2.38 bits per heavy atom. The lowest BCUT2D eigenvalue weighted by Crippen LogP contribution is -2.28. The fourth-order valence-corrected chi connectivity index (χ4v) is 4.91. The molecule has 1 saturated heterocycles. The van der Waals surface area contributed by atoms with E-state index in [4.69, 9.17) is 27.9 Å². The van der Waals surface area contributed by atoms with Crippen molar-refractivity contribution in [2.45, 2.75) is 13.5 Å². The van der Waals surface area contributed by atoms with Crippen LogP contribution in [0.4, 0.5) is 14.5 Å². The van der Waals surface area contributed by atoms with Gasteiger partial charge in [-0.1, -0.05) is 35.3 Å². The normalized spacial score (nSPS) is 16.0. The molecular formula is C25H18Cl2F2N2O2S. The minimum absolute atomic E-state index is 0.0979. The molecule has 1 heterocycles. The molecule has 0 unspecified atom stereocenters. The van der Waals surface area contributed by atoms with E-state index in [1.54, 1.807) is 47.4 Å². The summed E-state index contributed by atoms with van der Waals surface area (Å²) in [7, 11) is 0. The third-order valence-corrected chi connectivity index (χ3v) is 6.41. The van der Waals surface area contributed by atoms with Crippen LogP contribution in [-0.4, -0.2) is 22.5 Å². The van der Waals surface area contributed by atoms with Crippen molar-refractivity contribution >= 4 is 57.8 Å². The standard InChI is InChI=1S/C25H18Cl2F2N2O2S/c1-2-31-24(32)22(34-25(31)30-19-8-6-17(28)7-9-19)13-16-11-20(26)23(21(27)12-16)33-14-15-4-3-5-18(29)10-15/h3-13H,2,14H2,1H3/b22-13+,30-25?. The Balaban J connectivity index is 1.55. The van der Waals surface area contributed by atoms with Crippen molar-refractivity contribution in [1.29, 1.82) is 0 Å². The van der Waals surface area contributed by atoms with Gasteiger partial charge in [0.1, 0.15) is 18.2 Å². The second kappa shape index (κ2) is 10.6. The third-order valence-electron chi connectivity index (χ3n) is 4.85. The highest BCUT2D eigenvalue weighted by molar-refractivity contribution is 8.18. The van der Waals surface area contributed by atoms with Gasteiger partial charge in [-0.3, -0.25) is 9.69 Å². The first-order valence-electron chi connectivity index (χ1n) is 10.3. The zero-order chi connectivity index (χ0) is 24.2. The summed E-state index contributed by atoms with van der Waals surface area (Å²) in [6.45, 7) is 2.37. The van der Waals surface area contributed by atoms with Crippen molar-refractivity contribution in [2.24, 2.45) is 4.99 Å². The van der Waals surface area contributed by atoms with Crippen molar-refractivity contribution in [1.82, 2.24) is 4.90 Å². The van der Waals surface area contributed by atoms with Gasteiger partial charge >= 0.3 is 0 Å². The molecule has 9 heteroatoms. The molecule has 0 saturated carbocycles. The lowest BCUT2D eigenvalue weighted by molar-refractivity contribution is -0.122. The van der Waals surface area contributed by atoms with Crippen molar-refractivity contribution in [3.8, 4) is 5.75 Å². The molecule has 34 heavy (non-hydrogen) atoms. The predicted molar refractivity (Wildman–Crippen MR) is 134 cm³/mol. The fraction of sp³-hybridized carbons (Fsp3) is 0.120. The Kier molecular flexibility index (Phi) is 7.56. The van der Waals surface area contributed by atoms with Gasteiger partial charge in [0.25, 0.3) is 5.91 Å². The Labute approximate surface area is 209 Å². The van der Waals surface area contributed by atoms with Gasteiger partial charge in [-0.2, -0.15) is 0 Å². The number of carbonyl (C=O) groups is 1. The van der Waals surface area contributed by atoms with Gasteiger partial charge in [0.2, 0.25) is 0 Å². The summed E-state index contributed by atoms with van der Waals surface area (Å²) in [5, 5.41) is 1.02. The second-order valence-corrected chi connectivity index (χ2v) is 9.09. The number of thioether (sulfide) groups is 1. The molecule has 1 aliphatic heterocycles. The van der Waals surface area contributed by atoms with Crippen LogP contribution in [0.1, 0.15) is 18.1 Å². The maximum atomic E-state index is 13.4. The fourth-order valence-electron chi connectivity index (χ4n) is 3.23. The number of aliphatic imine (C=N–C) groups is 1. The Bertz CT molecular complexity index is 1270. The number of benzene rings is 3. The highest BCUT2D eigenvalue weighted by Gasteiger charge is 2.32. The van der Waals surface area contributed by atoms with Gasteiger partial charge in [-0.05, 0) is 84.4 Å². The summed E-state index contributed by atoms with van der Waals surface area (Å²) in [6.07, 6.45) is 1.68. The highest BCUT2D eigenvalue weighted by atomic mass is 35.5. The van der Waals surface area contributed by atoms with Gasteiger partial charge in [0.15, 0.2) is 10.9 Å². The zero-order valence-corrected chi connectivity index (χ0v) is 20.2. The molecule has 3 aromatic carbocycles. The third kappa shape index (κ3) is 5.60. The van der Waals surface area contributed by atoms with Crippen LogP contribution in [-0.2, 0) is 11.4 Å². The lowest BCUT2D eigenvalue weighted by atomic mass is 10.2. The van der Waals surface area contributed by atoms with Crippen LogP contribution in [0, 0.1) is 11.6 Å². The molecule has 0 radical (unpaired) electrons. The summed E-state index contributed by atoms with van der Waals surface area (Å²) in [4.78, 5) is 19.4. The Hall–Kier alpha value is -2.87.